The summed E-state index contributed by atoms with van der Waals surface area (Å²) < 4.78 is 11.2. The molecule has 0 saturated carbocycles. The second kappa shape index (κ2) is 6.03. The fourth-order valence-corrected chi connectivity index (χ4v) is 2.27. The summed E-state index contributed by atoms with van der Waals surface area (Å²) in [4.78, 5) is 0. The molecule has 0 saturated heterocycles. The highest BCUT2D eigenvalue weighted by molar-refractivity contribution is 5.38. The first kappa shape index (κ1) is 12.4. The maximum absolute atomic E-state index is 5.64. The lowest BCUT2D eigenvalue weighted by Crippen LogP contribution is -2.24. The van der Waals surface area contributed by atoms with Crippen molar-refractivity contribution < 1.29 is 9.47 Å². The van der Waals surface area contributed by atoms with Crippen molar-refractivity contribution in [1.82, 2.24) is 5.32 Å². The number of benzene rings is 1. The number of ether oxygens (including phenoxy) is 2. The zero-order valence-electron chi connectivity index (χ0n) is 10.7. The molecule has 3 heteroatoms. The minimum absolute atomic E-state index is 0.290. The van der Waals surface area contributed by atoms with E-state index in [9.17, 15) is 0 Å². The zero-order chi connectivity index (χ0) is 12.1. The van der Waals surface area contributed by atoms with Crippen molar-refractivity contribution in [3.63, 3.8) is 0 Å². The van der Waals surface area contributed by atoms with E-state index >= 15 is 0 Å². The molecular formula is C14H21NO2. The molecule has 1 aliphatic rings. The first-order valence-corrected chi connectivity index (χ1v) is 6.42. The topological polar surface area (TPSA) is 30.5 Å². The quantitative estimate of drug-likeness (QED) is 0.868. The van der Waals surface area contributed by atoms with Crippen molar-refractivity contribution in [2.24, 2.45) is 0 Å². The van der Waals surface area contributed by atoms with Crippen LogP contribution < -0.4 is 10.1 Å². The minimum atomic E-state index is 0.290. The van der Waals surface area contributed by atoms with Crippen LogP contribution in [0, 0.1) is 0 Å². The molecule has 1 heterocycles. The summed E-state index contributed by atoms with van der Waals surface area (Å²) in [6, 6.07) is 6.66. The van der Waals surface area contributed by atoms with Crippen molar-refractivity contribution >= 4 is 0 Å². The summed E-state index contributed by atoms with van der Waals surface area (Å²) in [7, 11) is 0. The van der Waals surface area contributed by atoms with Crippen LogP contribution in [0.2, 0.25) is 0 Å². The average Bonchev–Trinajstić information content (AvgIpc) is 2.53. The molecule has 0 bridgehead atoms. The summed E-state index contributed by atoms with van der Waals surface area (Å²) in [5.74, 6) is 0.955. The van der Waals surface area contributed by atoms with Gasteiger partial charge in [-0.2, -0.15) is 0 Å². The molecule has 0 aliphatic carbocycles. The molecule has 17 heavy (non-hydrogen) atoms. The predicted octanol–water partition coefficient (Wildman–Crippen LogP) is 2.31. The van der Waals surface area contributed by atoms with Crippen LogP contribution >= 0.6 is 0 Å². The lowest BCUT2D eigenvalue weighted by molar-refractivity contribution is 0.122. The van der Waals surface area contributed by atoms with Crippen LogP contribution in [0.25, 0.3) is 0 Å². The summed E-state index contributed by atoms with van der Waals surface area (Å²) in [5, 5.41) is 3.47. The zero-order valence-corrected chi connectivity index (χ0v) is 10.7. The Morgan fingerprint density at radius 2 is 2.29 bits per heavy atom. The Labute approximate surface area is 103 Å². The Morgan fingerprint density at radius 1 is 1.41 bits per heavy atom. The van der Waals surface area contributed by atoms with Gasteiger partial charge in [0.1, 0.15) is 5.75 Å². The highest BCUT2D eigenvalue weighted by Crippen LogP contribution is 2.26. The molecule has 0 amide bonds. The van der Waals surface area contributed by atoms with E-state index in [1.165, 1.54) is 11.1 Å². The first-order chi connectivity index (χ1) is 8.35. The maximum atomic E-state index is 5.64. The van der Waals surface area contributed by atoms with Gasteiger partial charge in [-0.25, -0.2) is 0 Å². The van der Waals surface area contributed by atoms with E-state index in [0.29, 0.717) is 6.61 Å². The monoisotopic (exact) mass is 235 g/mol. The summed E-state index contributed by atoms with van der Waals surface area (Å²) in [6.07, 6.45) is 0.990. The highest BCUT2D eigenvalue weighted by atomic mass is 16.5. The third-order valence-corrected chi connectivity index (χ3v) is 3.05. The van der Waals surface area contributed by atoms with Gasteiger partial charge in [-0.3, -0.25) is 0 Å². The molecule has 1 aromatic carbocycles. The van der Waals surface area contributed by atoms with Crippen LogP contribution in [0.15, 0.2) is 18.2 Å². The van der Waals surface area contributed by atoms with E-state index in [1.807, 2.05) is 6.92 Å². The van der Waals surface area contributed by atoms with Gasteiger partial charge in [0.2, 0.25) is 0 Å². The van der Waals surface area contributed by atoms with Crippen LogP contribution in [-0.4, -0.2) is 26.4 Å². The van der Waals surface area contributed by atoms with E-state index in [4.69, 9.17) is 9.47 Å². The number of rotatable bonds is 4. The third-order valence-electron chi connectivity index (χ3n) is 3.05. The fraction of sp³-hybridized carbons (Fsp3) is 0.571. The Balaban J connectivity index is 2.28. The Hall–Kier alpha value is -1.06. The summed E-state index contributed by atoms with van der Waals surface area (Å²) >= 11 is 0. The van der Waals surface area contributed by atoms with Crippen LogP contribution in [0.1, 0.15) is 31.0 Å². The number of hydrogen-bond donors (Lipinski definition) is 1. The first-order valence-electron chi connectivity index (χ1n) is 6.42. The molecule has 1 unspecified atom stereocenters. The van der Waals surface area contributed by atoms with E-state index in [2.05, 4.69) is 30.4 Å². The van der Waals surface area contributed by atoms with Gasteiger partial charge in [-0.1, -0.05) is 13.0 Å². The number of nitrogens with one attached hydrogen (secondary N) is 1. The second-order valence-corrected chi connectivity index (χ2v) is 4.23. The minimum Gasteiger partial charge on any atom is -0.494 e. The standard InChI is InChI=1S/C14H21NO2/c1-3-15-14-10-16-8-7-11-5-6-12(17-4-2)9-13(11)14/h5-6,9,14-15H,3-4,7-8,10H2,1-2H3. The molecule has 3 nitrogen and oxygen atoms in total. The SMILES string of the molecule is CCNC1COCCc2ccc(OCC)cc21. The number of likely N-dealkylation sites (N-methyl/N-ethyl adjacent to an activating group) is 1. The molecule has 1 atom stereocenters. The van der Waals surface area contributed by atoms with Crippen LogP contribution in [0.5, 0.6) is 5.75 Å². The average molecular weight is 235 g/mol. The van der Waals surface area contributed by atoms with Crippen LogP contribution in [-0.2, 0) is 11.2 Å². The second-order valence-electron chi connectivity index (χ2n) is 4.23. The molecule has 0 aromatic heterocycles. The van der Waals surface area contributed by atoms with Crippen molar-refractivity contribution in [1.29, 1.82) is 0 Å². The highest BCUT2D eigenvalue weighted by Gasteiger charge is 2.18. The number of hydrogen-bond acceptors (Lipinski definition) is 3. The van der Waals surface area contributed by atoms with Gasteiger partial charge in [0.05, 0.1) is 25.9 Å². The van der Waals surface area contributed by atoms with Gasteiger partial charge < -0.3 is 14.8 Å². The third kappa shape index (κ3) is 2.99. The van der Waals surface area contributed by atoms with Gasteiger partial charge >= 0.3 is 0 Å². The van der Waals surface area contributed by atoms with Crippen molar-refractivity contribution in [3.05, 3.63) is 29.3 Å². The van der Waals surface area contributed by atoms with Crippen molar-refractivity contribution in [3.8, 4) is 5.75 Å². The smallest absolute Gasteiger partial charge is 0.119 e. The van der Waals surface area contributed by atoms with Crippen LogP contribution in [0.3, 0.4) is 0 Å². The molecule has 1 aliphatic heterocycles. The van der Waals surface area contributed by atoms with E-state index < -0.39 is 0 Å². The molecule has 0 spiro atoms. The van der Waals surface area contributed by atoms with Gasteiger partial charge in [0.15, 0.2) is 0 Å². The molecule has 1 aromatic rings. The summed E-state index contributed by atoms with van der Waals surface area (Å²) in [5.41, 5.74) is 2.70. The summed E-state index contributed by atoms with van der Waals surface area (Å²) in [6.45, 7) is 7.35. The predicted molar refractivity (Wildman–Crippen MR) is 68.6 cm³/mol. The van der Waals surface area contributed by atoms with Crippen molar-refractivity contribution in [2.75, 3.05) is 26.4 Å². The lowest BCUT2D eigenvalue weighted by Gasteiger charge is -2.18. The van der Waals surface area contributed by atoms with E-state index in [-0.39, 0.29) is 6.04 Å². The van der Waals surface area contributed by atoms with Gasteiger partial charge in [0.25, 0.3) is 0 Å². The molecule has 0 radical (unpaired) electrons. The molecule has 1 N–H and O–H groups in total. The Morgan fingerprint density at radius 3 is 3.06 bits per heavy atom. The Bertz CT molecular complexity index is 365. The normalized spacial score (nSPS) is 19.5. The molecule has 2 rings (SSSR count). The molecule has 0 fully saturated rings. The van der Waals surface area contributed by atoms with Gasteiger partial charge in [-0.05, 0) is 43.1 Å². The van der Waals surface area contributed by atoms with E-state index in [1.54, 1.807) is 0 Å². The fourth-order valence-electron chi connectivity index (χ4n) is 2.27. The van der Waals surface area contributed by atoms with Gasteiger partial charge in [-0.15, -0.1) is 0 Å². The van der Waals surface area contributed by atoms with E-state index in [0.717, 1.165) is 31.9 Å². The van der Waals surface area contributed by atoms with Crippen LogP contribution in [0.4, 0.5) is 0 Å². The largest absolute Gasteiger partial charge is 0.494 e. The molecule has 94 valence electrons. The maximum Gasteiger partial charge on any atom is 0.119 e. The lowest BCUT2D eigenvalue weighted by atomic mass is 9.99. The number of fused-ring (bicyclic) bond motifs is 1. The van der Waals surface area contributed by atoms with Gasteiger partial charge in [0, 0.05) is 0 Å². The Kier molecular flexibility index (Phi) is 4.40. The van der Waals surface area contributed by atoms with Crippen molar-refractivity contribution in [2.45, 2.75) is 26.3 Å². The molecular weight excluding hydrogens is 214 g/mol.